The van der Waals surface area contributed by atoms with Gasteiger partial charge in [0, 0.05) is 21.2 Å². The Kier molecular flexibility index (Phi) is 6.97. The lowest BCUT2D eigenvalue weighted by atomic mass is 10.1. The lowest BCUT2D eigenvalue weighted by Gasteiger charge is -2.14. The smallest absolute Gasteiger partial charge is 0.271 e. The Morgan fingerprint density at radius 2 is 1.67 bits per heavy atom. The fourth-order valence-corrected chi connectivity index (χ4v) is 4.10. The van der Waals surface area contributed by atoms with Crippen molar-refractivity contribution in [2.45, 2.75) is 20.5 Å². The van der Waals surface area contributed by atoms with Gasteiger partial charge in [-0.05, 0) is 77.7 Å². The van der Waals surface area contributed by atoms with Crippen LogP contribution in [0.15, 0.2) is 77.9 Å². The number of ether oxygens (including phenoxy) is 1. The molecule has 0 unspecified atom stereocenters. The molecule has 0 radical (unpaired) electrons. The molecule has 0 fully saturated rings. The fraction of sp³-hybridized carbons (Fsp3) is 0.111. The molecule has 4 nitrogen and oxygen atoms in total. The number of carbonyl (C=O) groups is 1. The van der Waals surface area contributed by atoms with E-state index in [9.17, 15) is 4.79 Å². The Balaban J connectivity index is 1.42. The number of hydrogen-bond donors (Lipinski definition) is 1. The van der Waals surface area contributed by atoms with Crippen molar-refractivity contribution in [3.8, 4) is 5.75 Å². The first-order valence-electron chi connectivity index (χ1n) is 10.4. The maximum absolute atomic E-state index is 12.5. The molecule has 0 aliphatic heterocycles. The highest BCUT2D eigenvalue weighted by atomic mass is 35.5. The van der Waals surface area contributed by atoms with Gasteiger partial charge in [-0.25, -0.2) is 5.43 Å². The average molecular weight is 477 g/mol. The number of halogens is 2. The number of aryl methyl sites for hydroxylation is 2. The summed E-state index contributed by atoms with van der Waals surface area (Å²) in [6.07, 6.45) is 1.62. The van der Waals surface area contributed by atoms with E-state index >= 15 is 0 Å². The summed E-state index contributed by atoms with van der Waals surface area (Å²) in [4.78, 5) is 12.5. The van der Waals surface area contributed by atoms with E-state index in [4.69, 9.17) is 27.9 Å². The van der Waals surface area contributed by atoms with Crippen LogP contribution in [0.1, 0.15) is 32.6 Å². The summed E-state index contributed by atoms with van der Waals surface area (Å²) >= 11 is 12.2. The number of benzene rings is 4. The molecule has 0 saturated heterocycles. The molecule has 0 aliphatic carbocycles. The Bertz CT molecular complexity index is 1340. The number of hydrazone groups is 1. The molecular weight excluding hydrogens is 455 g/mol. The van der Waals surface area contributed by atoms with Gasteiger partial charge in [0.05, 0.1) is 6.21 Å². The minimum absolute atomic E-state index is 0.259. The second kappa shape index (κ2) is 10.1. The van der Waals surface area contributed by atoms with Crippen LogP contribution in [0.3, 0.4) is 0 Å². The van der Waals surface area contributed by atoms with E-state index in [0.29, 0.717) is 22.2 Å². The minimum Gasteiger partial charge on any atom is -0.488 e. The lowest BCUT2D eigenvalue weighted by molar-refractivity contribution is 0.0955. The quantitative estimate of drug-likeness (QED) is 0.238. The first kappa shape index (κ1) is 22.8. The van der Waals surface area contributed by atoms with Gasteiger partial charge in [0.2, 0.25) is 0 Å². The van der Waals surface area contributed by atoms with E-state index in [-0.39, 0.29) is 5.91 Å². The third kappa shape index (κ3) is 5.54. The maximum Gasteiger partial charge on any atom is 0.271 e. The fourth-order valence-electron chi connectivity index (χ4n) is 3.64. The standard InChI is InChI=1S/C27H22Cl2N2O2/c1-17-11-19(12-18(2)26(17)33-16-23-9-10-24(28)14-25(23)29)15-30-31-27(32)22-8-7-20-5-3-4-6-21(20)13-22/h3-15H,16H2,1-2H3,(H,31,32)/b30-15-. The van der Waals surface area contributed by atoms with E-state index in [1.165, 1.54) is 0 Å². The third-order valence-corrected chi connectivity index (χ3v) is 5.85. The van der Waals surface area contributed by atoms with Crippen LogP contribution in [0.4, 0.5) is 0 Å². The Hall–Kier alpha value is -3.34. The molecule has 6 heteroatoms. The number of amides is 1. The zero-order valence-corrected chi connectivity index (χ0v) is 19.7. The molecule has 0 aromatic heterocycles. The van der Waals surface area contributed by atoms with Crippen LogP contribution in [0.5, 0.6) is 5.75 Å². The van der Waals surface area contributed by atoms with E-state index in [0.717, 1.165) is 38.8 Å². The predicted molar refractivity (Wildman–Crippen MR) is 136 cm³/mol. The highest BCUT2D eigenvalue weighted by Gasteiger charge is 2.09. The van der Waals surface area contributed by atoms with E-state index < -0.39 is 0 Å². The molecule has 166 valence electrons. The van der Waals surface area contributed by atoms with Crippen molar-refractivity contribution in [3.63, 3.8) is 0 Å². The van der Waals surface area contributed by atoms with Crippen LogP contribution >= 0.6 is 23.2 Å². The SMILES string of the molecule is Cc1cc(/C=N\NC(=O)c2ccc3ccccc3c2)cc(C)c1OCc1ccc(Cl)cc1Cl. The molecule has 0 spiro atoms. The van der Waals surface area contributed by atoms with Gasteiger partial charge in [-0.2, -0.15) is 5.10 Å². The molecule has 33 heavy (non-hydrogen) atoms. The van der Waals surface area contributed by atoms with Gasteiger partial charge < -0.3 is 4.74 Å². The highest BCUT2D eigenvalue weighted by molar-refractivity contribution is 6.35. The second-order valence-corrected chi connectivity index (χ2v) is 8.61. The van der Waals surface area contributed by atoms with Gasteiger partial charge in [0.25, 0.3) is 5.91 Å². The lowest BCUT2D eigenvalue weighted by Crippen LogP contribution is -2.17. The maximum atomic E-state index is 12.5. The molecule has 0 bridgehead atoms. The number of hydrogen-bond acceptors (Lipinski definition) is 3. The van der Waals surface area contributed by atoms with Crippen molar-refractivity contribution in [3.05, 3.63) is 111 Å². The number of carbonyl (C=O) groups excluding carboxylic acids is 1. The molecule has 4 aromatic rings. The molecule has 0 aliphatic rings. The molecule has 0 saturated carbocycles. The first-order valence-corrected chi connectivity index (χ1v) is 11.2. The van der Waals surface area contributed by atoms with Gasteiger partial charge in [-0.3, -0.25) is 4.79 Å². The Morgan fingerprint density at radius 3 is 2.39 bits per heavy atom. The number of nitrogens with one attached hydrogen (secondary N) is 1. The van der Waals surface area contributed by atoms with Gasteiger partial charge in [-0.1, -0.05) is 59.6 Å². The summed E-state index contributed by atoms with van der Waals surface area (Å²) in [5.74, 6) is 0.531. The largest absolute Gasteiger partial charge is 0.488 e. The topological polar surface area (TPSA) is 50.7 Å². The van der Waals surface area contributed by atoms with Crippen LogP contribution in [0.2, 0.25) is 10.0 Å². The van der Waals surface area contributed by atoms with Gasteiger partial charge in [0.15, 0.2) is 0 Å². The molecule has 1 N–H and O–H groups in total. The van der Waals surface area contributed by atoms with Crippen molar-refractivity contribution in [1.82, 2.24) is 5.43 Å². The molecule has 4 rings (SSSR count). The summed E-state index contributed by atoms with van der Waals surface area (Å²) in [6, 6.07) is 22.7. The van der Waals surface area contributed by atoms with Crippen LogP contribution in [0, 0.1) is 13.8 Å². The summed E-state index contributed by atoms with van der Waals surface area (Å²) in [6.45, 7) is 4.28. The molecule has 0 heterocycles. The Morgan fingerprint density at radius 1 is 0.939 bits per heavy atom. The van der Waals surface area contributed by atoms with Crippen LogP contribution in [-0.2, 0) is 6.61 Å². The van der Waals surface area contributed by atoms with E-state index in [1.54, 1.807) is 24.4 Å². The van der Waals surface area contributed by atoms with Crippen LogP contribution in [0.25, 0.3) is 10.8 Å². The van der Waals surface area contributed by atoms with Gasteiger partial charge in [0.1, 0.15) is 12.4 Å². The van der Waals surface area contributed by atoms with Crippen molar-refractivity contribution in [2.75, 3.05) is 0 Å². The second-order valence-electron chi connectivity index (χ2n) is 7.77. The summed E-state index contributed by atoms with van der Waals surface area (Å²) < 4.78 is 6.02. The van der Waals surface area contributed by atoms with Crippen molar-refractivity contribution < 1.29 is 9.53 Å². The van der Waals surface area contributed by atoms with E-state index in [1.807, 2.05) is 68.4 Å². The summed E-state index contributed by atoms with van der Waals surface area (Å²) in [5.41, 5.74) is 6.80. The normalized spacial score (nSPS) is 11.2. The molecule has 1 amide bonds. The molecule has 0 atom stereocenters. The number of nitrogens with zero attached hydrogens (tertiary/aromatic N) is 1. The van der Waals surface area contributed by atoms with E-state index in [2.05, 4.69) is 10.5 Å². The minimum atomic E-state index is -0.259. The van der Waals surface area contributed by atoms with Crippen molar-refractivity contribution in [1.29, 1.82) is 0 Å². The average Bonchev–Trinajstić information content (AvgIpc) is 2.79. The number of fused-ring (bicyclic) bond motifs is 1. The van der Waals surface area contributed by atoms with Gasteiger partial charge >= 0.3 is 0 Å². The Labute approximate surface area is 202 Å². The summed E-state index contributed by atoms with van der Waals surface area (Å²) in [5, 5.41) is 7.39. The van der Waals surface area contributed by atoms with Crippen LogP contribution in [-0.4, -0.2) is 12.1 Å². The molecular formula is C27H22Cl2N2O2. The summed E-state index contributed by atoms with van der Waals surface area (Å²) in [7, 11) is 0. The third-order valence-electron chi connectivity index (χ3n) is 5.26. The highest BCUT2D eigenvalue weighted by Crippen LogP contribution is 2.27. The van der Waals surface area contributed by atoms with Crippen molar-refractivity contribution >= 4 is 46.1 Å². The number of rotatable bonds is 6. The molecule has 4 aromatic carbocycles. The van der Waals surface area contributed by atoms with Crippen molar-refractivity contribution in [2.24, 2.45) is 5.10 Å². The predicted octanol–water partition coefficient (Wildman–Crippen LogP) is 7.11. The zero-order valence-electron chi connectivity index (χ0n) is 18.2. The first-order chi connectivity index (χ1) is 15.9. The zero-order chi connectivity index (χ0) is 23.4. The monoisotopic (exact) mass is 476 g/mol. The van der Waals surface area contributed by atoms with Gasteiger partial charge in [-0.15, -0.1) is 0 Å². The van der Waals surface area contributed by atoms with Crippen LogP contribution < -0.4 is 10.2 Å².